The number of hydrogen-bond donors (Lipinski definition) is 0. The average molecular weight is 319 g/mol. The van der Waals surface area contributed by atoms with Crippen LogP contribution in [0.4, 0.5) is 0 Å². The Morgan fingerprint density at radius 1 is 1.14 bits per heavy atom. The molecule has 106 valence electrons. The van der Waals surface area contributed by atoms with Gasteiger partial charge in [0.25, 0.3) is 0 Å². The summed E-state index contributed by atoms with van der Waals surface area (Å²) >= 11 is 12.1. The van der Waals surface area contributed by atoms with Gasteiger partial charge in [-0.15, -0.1) is 0 Å². The number of para-hydroxylation sites is 1. The van der Waals surface area contributed by atoms with Crippen molar-refractivity contribution in [2.45, 2.75) is 6.42 Å². The van der Waals surface area contributed by atoms with Crippen LogP contribution in [0.25, 0.3) is 10.9 Å². The average Bonchev–Trinajstić information content (AvgIpc) is 2.79. The molecule has 0 spiro atoms. The summed E-state index contributed by atoms with van der Waals surface area (Å²) in [6.07, 6.45) is 0.196. The van der Waals surface area contributed by atoms with Gasteiger partial charge in [0.1, 0.15) is 0 Å². The van der Waals surface area contributed by atoms with E-state index in [1.54, 1.807) is 22.9 Å². The first-order valence-electron chi connectivity index (χ1n) is 6.45. The van der Waals surface area contributed by atoms with Gasteiger partial charge in [-0.1, -0.05) is 47.5 Å². The van der Waals surface area contributed by atoms with Crippen molar-refractivity contribution in [3.8, 4) is 0 Å². The Labute approximate surface area is 132 Å². The highest BCUT2D eigenvalue weighted by Crippen LogP contribution is 2.27. The number of hydrogen-bond acceptors (Lipinski definition) is 2. The molecule has 0 atom stereocenters. The number of ketones is 1. The van der Waals surface area contributed by atoms with Crippen molar-refractivity contribution in [3.63, 3.8) is 0 Å². The van der Waals surface area contributed by atoms with Crippen LogP contribution in [0.5, 0.6) is 0 Å². The summed E-state index contributed by atoms with van der Waals surface area (Å²) in [5.41, 5.74) is 2.17. The van der Waals surface area contributed by atoms with E-state index in [4.69, 9.17) is 23.2 Å². The summed E-state index contributed by atoms with van der Waals surface area (Å²) in [4.78, 5) is 12.4. The summed E-state index contributed by atoms with van der Waals surface area (Å²) in [7, 11) is 1.86. The Balaban J connectivity index is 1.99. The number of halogens is 2. The second-order valence-electron chi connectivity index (χ2n) is 4.79. The molecule has 0 N–H and O–H groups in total. The first kappa shape index (κ1) is 14.1. The molecular formula is C16H12Cl2N2O. The number of Topliss-reactive ketones (excluding diaryl/α,β-unsaturated/α-hetero) is 1. The van der Waals surface area contributed by atoms with Gasteiger partial charge in [0.05, 0.1) is 27.7 Å². The minimum atomic E-state index is -0.0913. The van der Waals surface area contributed by atoms with Gasteiger partial charge in [0, 0.05) is 18.0 Å². The van der Waals surface area contributed by atoms with Gasteiger partial charge in [-0.05, 0) is 18.2 Å². The third kappa shape index (κ3) is 2.55. The predicted molar refractivity (Wildman–Crippen MR) is 85.2 cm³/mol. The quantitative estimate of drug-likeness (QED) is 0.675. The number of rotatable bonds is 3. The topological polar surface area (TPSA) is 34.9 Å². The zero-order valence-corrected chi connectivity index (χ0v) is 12.8. The van der Waals surface area contributed by atoms with Crippen LogP contribution >= 0.6 is 23.2 Å². The highest BCUT2D eigenvalue weighted by atomic mass is 35.5. The first-order chi connectivity index (χ1) is 10.1. The van der Waals surface area contributed by atoms with Gasteiger partial charge < -0.3 is 0 Å². The second-order valence-corrected chi connectivity index (χ2v) is 5.57. The molecule has 0 amide bonds. The van der Waals surface area contributed by atoms with Crippen LogP contribution in [0.3, 0.4) is 0 Å². The van der Waals surface area contributed by atoms with Crippen LogP contribution in [0.2, 0.25) is 10.0 Å². The molecule has 0 radical (unpaired) electrons. The van der Waals surface area contributed by atoms with E-state index >= 15 is 0 Å². The maximum atomic E-state index is 12.4. The lowest BCUT2D eigenvalue weighted by atomic mass is 10.0. The SMILES string of the molecule is Cn1nc(CC(=O)c2cccc(Cl)c2Cl)c2ccccc21. The Morgan fingerprint density at radius 3 is 2.71 bits per heavy atom. The molecule has 2 aromatic carbocycles. The highest BCUT2D eigenvalue weighted by molar-refractivity contribution is 6.43. The van der Waals surface area contributed by atoms with Crippen molar-refractivity contribution in [1.29, 1.82) is 0 Å². The van der Waals surface area contributed by atoms with Crippen LogP contribution in [0.1, 0.15) is 16.1 Å². The van der Waals surface area contributed by atoms with Gasteiger partial charge >= 0.3 is 0 Å². The van der Waals surface area contributed by atoms with Crippen LogP contribution in [-0.2, 0) is 13.5 Å². The monoisotopic (exact) mass is 318 g/mol. The fourth-order valence-corrected chi connectivity index (χ4v) is 2.79. The molecule has 0 saturated carbocycles. The van der Waals surface area contributed by atoms with Crippen LogP contribution in [0.15, 0.2) is 42.5 Å². The van der Waals surface area contributed by atoms with E-state index in [0.29, 0.717) is 15.6 Å². The van der Waals surface area contributed by atoms with Crippen LogP contribution in [-0.4, -0.2) is 15.6 Å². The summed E-state index contributed by atoms with van der Waals surface area (Å²) in [5.74, 6) is -0.0913. The molecule has 0 aliphatic rings. The normalized spacial score (nSPS) is 11.0. The molecular weight excluding hydrogens is 307 g/mol. The minimum absolute atomic E-state index is 0.0913. The van der Waals surface area contributed by atoms with E-state index in [2.05, 4.69) is 5.10 Å². The highest BCUT2D eigenvalue weighted by Gasteiger charge is 2.17. The van der Waals surface area contributed by atoms with E-state index in [9.17, 15) is 4.79 Å². The molecule has 0 saturated heterocycles. The van der Waals surface area contributed by atoms with E-state index in [0.717, 1.165) is 16.6 Å². The number of carbonyl (C=O) groups is 1. The van der Waals surface area contributed by atoms with E-state index in [-0.39, 0.29) is 12.2 Å². The first-order valence-corrected chi connectivity index (χ1v) is 7.21. The van der Waals surface area contributed by atoms with Crippen molar-refractivity contribution >= 4 is 39.9 Å². The lowest BCUT2D eigenvalue weighted by molar-refractivity contribution is 0.0992. The second kappa shape index (κ2) is 5.51. The fourth-order valence-electron chi connectivity index (χ4n) is 2.39. The molecule has 5 heteroatoms. The lowest BCUT2D eigenvalue weighted by Crippen LogP contribution is -2.06. The predicted octanol–water partition coefficient (Wildman–Crippen LogP) is 4.31. The van der Waals surface area contributed by atoms with Crippen molar-refractivity contribution in [1.82, 2.24) is 9.78 Å². The maximum absolute atomic E-state index is 12.4. The third-order valence-electron chi connectivity index (χ3n) is 3.41. The zero-order valence-electron chi connectivity index (χ0n) is 11.3. The standard InChI is InChI=1S/C16H12Cl2N2O/c1-20-14-8-3-2-5-10(14)13(19-20)9-15(21)11-6-4-7-12(17)16(11)18/h2-8H,9H2,1H3. The molecule has 3 nitrogen and oxygen atoms in total. The smallest absolute Gasteiger partial charge is 0.170 e. The summed E-state index contributed by atoms with van der Waals surface area (Å²) < 4.78 is 1.78. The van der Waals surface area contributed by atoms with E-state index < -0.39 is 0 Å². The number of benzene rings is 2. The van der Waals surface area contributed by atoms with Crippen molar-refractivity contribution in [3.05, 3.63) is 63.8 Å². The molecule has 0 aliphatic carbocycles. The molecule has 1 aromatic heterocycles. The molecule has 3 aromatic rings. The number of nitrogens with zero attached hydrogens (tertiary/aromatic N) is 2. The minimum Gasteiger partial charge on any atom is -0.294 e. The van der Waals surface area contributed by atoms with Gasteiger partial charge in [-0.3, -0.25) is 9.48 Å². The van der Waals surface area contributed by atoms with Crippen LogP contribution in [0, 0.1) is 0 Å². The fraction of sp³-hybridized carbons (Fsp3) is 0.125. The Kier molecular flexibility index (Phi) is 3.70. The maximum Gasteiger partial charge on any atom is 0.170 e. The number of aryl methyl sites for hydroxylation is 1. The van der Waals surface area contributed by atoms with E-state index in [1.807, 2.05) is 31.3 Å². The number of carbonyl (C=O) groups excluding carboxylic acids is 1. The Morgan fingerprint density at radius 2 is 1.90 bits per heavy atom. The summed E-state index contributed by atoms with van der Waals surface area (Å²) in [6.45, 7) is 0. The van der Waals surface area contributed by atoms with Crippen molar-refractivity contribution in [2.75, 3.05) is 0 Å². The zero-order chi connectivity index (χ0) is 15.0. The van der Waals surface area contributed by atoms with Gasteiger partial charge in [0.2, 0.25) is 0 Å². The largest absolute Gasteiger partial charge is 0.294 e. The molecule has 1 heterocycles. The van der Waals surface area contributed by atoms with E-state index in [1.165, 1.54) is 0 Å². The number of aromatic nitrogens is 2. The molecule has 21 heavy (non-hydrogen) atoms. The van der Waals surface area contributed by atoms with Gasteiger partial charge in [-0.25, -0.2) is 0 Å². The van der Waals surface area contributed by atoms with Gasteiger partial charge in [-0.2, -0.15) is 5.10 Å². The third-order valence-corrected chi connectivity index (χ3v) is 4.23. The van der Waals surface area contributed by atoms with Crippen molar-refractivity contribution < 1.29 is 4.79 Å². The Hall–Kier alpha value is -1.84. The lowest BCUT2D eigenvalue weighted by Gasteiger charge is -2.04. The molecule has 0 bridgehead atoms. The molecule has 0 fully saturated rings. The molecule has 0 aliphatic heterocycles. The Bertz CT molecular complexity index is 839. The number of fused-ring (bicyclic) bond motifs is 1. The molecule has 0 unspecified atom stereocenters. The molecule has 3 rings (SSSR count). The summed E-state index contributed by atoms with van der Waals surface area (Å²) in [5, 5.41) is 6.08. The van der Waals surface area contributed by atoms with Crippen LogP contribution < -0.4 is 0 Å². The van der Waals surface area contributed by atoms with Gasteiger partial charge in [0.15, 0.2) is 5.78 Å². The summed E-state index contributed by atoms with van der Waals surface area (Å²) in [6, 6.07) is 12.9. The van der Waals surface area contributed by atoms with Crippen molar-refractivity contribution in [2.24, 2.45) is 7.05 Å².